The average Bonchev–Trinajstić information content (AvgIpc) is 3.38. The molecule has 8 heteroatoms. The monoisotopic (exact) mass is 448 g/mol. The number of nitrogens with zero attached hydrogens (tertiary/aromatic N) is 2. The summed E-state index contributed by atoms with van der Waals surface area (Å²) >= 11 is 0. The molecule has 1 atom stereocenters. The van der Waals surface area contributed by atoms with Crippen molar-refractivity contribution in [1.82, 2.24) is 5.16 Å². The van der Waals surface area contributed by atoms with Crippen LogP contribution in [0.2, 0.25) is 0 Å². The second-order valence-electron chi connectivity index (χ2n) is 7.61. The Balaban J connectivity index is 1.83. The Hall–Kier alpha value is -4.07. The number of rotatable bonds is 7. The van der Waals surface area contributed by atoms with Crippen molar-refractivity contribution in [2.45, 2.75) is 26.3 Å². The van der Waals surface area contributed by atoms with Crippen molar-refractivity contribution in [2.75, 3.05) is 18.6 Å². The van der Waals surface area contributed by atoms with Crippen LogP contribution in [-0.2, 0) is 9.59 Å². The number of aryl methyl sites for hydroxylation is 1. The molecule has 1 aromatic heterocycles. The van der Waals surface area contributed by atoms with Crippen molar-refractivity contribution in [3.63, 3.8) is 0 Å². The predicted octanol–water partition coefficient (Wildman–Crippen LogP) is 4.41. The lowest BCUT2D eigenvalue weighted by Gasteiger charge is -2.23. The Morgan fingerprint density at radius 3 is 2.33 bits per heavy atom. The Morgan fingerprint density at radius 1 is 1.09 bits per heavy atom. The van der Waals surface area contributed by atoms with Crippen molar-refractivity contribution in [3.05, 3.63) is 77.1 Å². The summed E-state index contributed by atoms with van der Waals surface area (Å²) in [4.78, 5) is 27.4. The largest absolute Gasteiger partial charge is 0.507 e. The van der Waals surface area contributed by atoms with Crippen LogP contribution < -0.4 is 14.4 Å². The standard InChI is InChI=1S/C25H24N2O6/c1-4-13-32-19-11-7-17(8-12-19)23(28)21-22(16-5-9-18(31-3)10-6-16)27(25(30)24(21)29)20-14-15(2)33-26-20/h5-12,14,22,28H,4,13H2,1-3H3/b23-21+/t22-/m0/s1. The maximum absolute atomic E-state index is 13.1. The molecule has 0 radical (unpaired) electrons. The van der Waals surface area contributed by atoms with Gasteiger partial charge in [-0.3, -0.25) is 14.5 Å². The van der Waals surface area contributed by atoms with Gasteiger partial charge in [-0.15, -0.1) is 0 Å². The number of carbonyl (C=O) groups excluding carboxylic acids is 2. The zero-order chi connectivity index (χ0) is 23.5. The van der Waals surface area contributed by atoms with Crippen molar-refractivity contribution in [1.29, 1.82) is 0 Å². The highest BCUT2D eigenvalue weighted by Crippen LogP contribution is 2.42. The van der Waals surface area contributed by atoms with Gasteiger partial charge in [0.25, 0.3) is 5.78 Å². The number of amides is 1. The maximum atomic E-state index is 13.1. The van der Waals surface area contributed by atoms with Gasteiger partial charge in [-0.2, -0.15) is 0 Å². The summed E-state index contributed by atoms with van der Waals surface area (Å²) in [5.41, 5.74) is 0.972. The lowest BCUT2D eigenvalue weighted by Crippen LogP contribution is -2.29. The van der Waals surface area contributed by atoms with Gasteiger partial charge in [-0.05, 0) is 55.3 Å². The molecular formula is C25H24N2O6. The summed E-state index contributed by atoms with van der Waals surface area (Å²) in [6.45, 7) is 4.28. The minimum absolute atomic E-state index is 0.0342. The van der Waals surface area contributed by atoms with E-state index in [0.717, 1.165) is 6.42 Å². The number of aromatic nitrogens is 1. The summed E-state index contributed by atoms with van der Waals surface area (Å²) < 4.78 is 15.9. The van der Waals surface area contributed by atoms with E-state index >= 15 is 0 Å². The number of ketones is 1. The molecule has 1 aliphatic rings. The lowest BCUT2D eigenvalue weighted by atomic mass is 9.95. The highest BCUT2D eigenvalue weighted by atomic mass is 16.5. The molecule has 4 rings (SSSR count). The lowest BCUT2D eigenvalue weighted by molar-refractivity contribution is -0.132. The third-order valence-corrected chi connectivity index (χ3v) is 5.34. The van der Waals surface area contributed by atoms with E-state index in [-0.39, 0.29) is 17.2 Å². The van der Waals surface area contributed by atoms with Crippen LogP contribution in [0.5, 0.6) is 11.5 Å². The van der Waals surface area contributed by atoms with Crippen LogP contribution in [0.4, 0.5) is 5.82 Å². The number of benzene rings is 2. The summed E-state index contributed by atoms with van der Waals surface area (Å²) in [6, 6.07) is 14.3. The van der Waals surface area contributed by atoms with E-state index in [1.807, 2.05) is 6.92 Å². The summed E-state index contributed by atoms with van der Waals surface area (Å²) in [7, 11) is 1.55. The minimum atomic E-state index is -0.892. The highest BCUT2D eigenvalue weighted by molar-refractivity contribution is 6.51. The number of aliphatic hydroxyl groups is 1. The normalized spacial score (nSPS) is 17.4. The molecule has 8 nitrogen and oxygen atoms in total. The number of ether oxygens (including phenoxy) is 2. The van der Waals surface area contributed by atoms with Gasteiger partial charge < -0.3 is 19.1 Å². The van der Waals surface area contributed by atoms with Crippen molar-refractivity contribution in [3.8, 4) is 11.5 Å². The third-order valence-electron chi connectivity index (χ3n) is 5.34. The van der Waals surface area contributed by atoms with Gasteiger partial charge in [0, 0.05) is 11.6 Å². The summed E-state index contributed by atoms with van der Waals surface area (Å²) in [6.07, 6.45) is 0.870. The second kappa shape index (κ2) is 9.20. The van der Waals surface area contributed by atoms with E-state index in [1.165, 1.54) is 4.90 Å². The first kappa shape index (κ1) is 22.1. The van der Waals surface area contributed by atoms with E-state index in [2.05, 4.69) is 5.16 Å². The van der Waals surface area contributed by atoms with E-state index in [9.17, 15) is 14.7 Å². The van der Waals surface area contributed by atoms with Crippen molar-refractivity contribution >= 4 is 23.3 Å². The highest BCUT2D eigenvalue weighted by Gasteiger charge is 2.48. The molecule has 2 heterocycles. The van der Waals surface area contributed by atoms with Crippen molar-refractivity contribution in [2.24, 2.45) is 0 Å². The van der Waals surface area contributed by atoms with Gasteiger partial charge in [0.15, 0.2) is 5.82 Å². The molecule has 0 saturated carbocycles. The van der Waals surface area contributed by atoms with Gasteiger partial charge in [0.2, 0.25) is 0 Å². The molecule has 0 aliphatic carbocycles. The molecule has 2 aromatic carbocycles. The minimum Gasteiger partial charge on any atom is -0.507 e. The SMILES string of the molecule is CCCOc1ccc(/C(O)=C2\C(=O)C(=O)N(c3cc(C)on3)[C@H]2c2ccc(OC)cc2)cc1. The Labute approximate surface area is 191 Å². The molecule has 0 bridgehead atoms. The van der Waals surface area contributed by atoms with Crippen LogP contribution in [0.3, 0.4) is 0 Å². The number of hydrogen-bond donors (Lipinski definition) is 1. The van der Waals surface area contributed by atoms with Gasteiger partial charge in [-0.25, -0.2) is 0 Å². The quantitative estimate of drug-likeness (QED) is 0.325. The van der Waals surface area contributed by atoms with Gasteiger partial charge in [0.05, 0.1) is 25.3 Å². The Kier molecular flexibility index (Phi) is 6.17. The summed E-state index contributed by atoms with van der Waals surface area (Å²) in [5.74, 6) is 0.0721. The molecule has 1 saturated heterocycles. The van der Waals surface area contributed by atoms with E-state index < -0.39 is 17.7 Å². The number of carbonyl (C=O) groups is 2. The number of methoxy groups -OCH3 is 1. The first-order valence-electron chi connectivity index (χ1n) is 10.6. The fourth-order valence-corrected chi connectivity index (χ4v) is 3.72. The molecule has 33 heavy (non-hydrogen) atoms. The second-order valence-corrected chi connectivity index (χ2v) is 7.61. The molecule has 170 valence electrons. The maximum Gasteiger partial charge on any atom is 0.301 e. The zero-order valence-corrected chi connectivity index (χ0v) is 18.6. The molecule has 3 aromatic rings. The van der Waals surface area contributed by atoms with Crippen LogP contribution in [-0.4, -0.2) is 35.7 Å². The first-order valence-corrected chi connectivity index (χ1v) is 10.6. The van der Waals surface area contributed by atoms with Crippen molar-refractivity contribution < 1.29 is 28.7 Å². The molecule has 0 unspecified atom stereocenters. The fourth-order valence-electron chi connectivity index (χ4n) is 3.72. The van der Waals surface area contributed by atoms with Crippen LogP contribution in [0, 0.1) is 6.92 Å². The third kappa shape index (κ3) is 4.19. The molecule has 1 fully saturated rings. The molecule has 0 spiro atoms. The van der Waals surface area contributed by atoms with Gasteiger partial charge >= 0.3 is 5.91 Å². The smallest absolute Gasteiger partial charge is 0.301 e. The van der Waals surface area contributed by atoms with Gasteiger partial charge in [-0.1, -0.05) is 24.2 Å². The van der Waals surface area contributed by atoms with Crippen LogP contribution in [0.15, 0.2) is 64.7 Å². The Morgan fingerprint density at radius 2 is 1.76 bits per heavy atom. The molecule has 1 N–H and O–H groups in total. The van der Waals surface area contributed by atoms with Crippen LogP contribution >= 0.6 is 0 Å². The van der Waals surface area contributed by atoms with Crippen LogP contribution in [0.25, 0.3) is 5.76 Å². The molecular weight excluding hydrogens is 424 g/mol. The topological polar surface area (TPSA) is 102 Å². The average molecular weight is 448 g/mol. The zero-order valence-electron chi connectivity index (χ0n) is 18.6. The number of hydrogen-bond acceptors (Lipinski definition) is 7. The predicted molar refractivity (Wildman–Crippen MR) is 121 cm³/mol. The summed E-state index contributed by atoms with van der Waals surface area (Å²) in [5, 5.41) is 15.1. The molecule has 1 amide bonds. The molecule has 1 aliphatic heterocycles. The van der Waals surface area contributed by atoms with E-state index in [0.29, 0.717) is 35.0 Å². The van der Waals surface area contributed by atoms with E-state index in [4.69, 9.17) is 14.0 Å². The van der Waals surface area contributed by atoms with Crippen LogP contribution in [0.1, 0.15) is 36.3 Å². The number of aliphatic hydroxyl groups excluding tert-OH is 1. The fraction of sp³-hybridized carbons (Fsp3) is 0.240. The van der Waals surface area contributed by atoms with Gasteiger partial charge in [0.1, 0.15) is 23.0 Å². The first-order chi connectivity index (χ1) is 15.9. The van der Waals surface area contributed by atoms with E-state index in [1.54, 1.807) is 68.6 Å². The Bertz CT molecular complexity index is 1190. The number of Topliss-reactive ketones (excluding diaryl/α,β-unsaturated/α-hetero) is 1. The number of anilines is 1.